The molecule has 58 valence electrons. The predicted octanol–water partition coefficient (Wildman–Crippen LogP) is 1.86. The van der Waals surface area contributed by atoms with Gasteiger partial charge in [-0.3, -0.25) is 4.79 Å². The maximum Gasteiger partial charge on any atom is 0.252 e. The van der Waals surface area contributed by atoms with Crippen LogP contribution in [0.1, 0.15) is 24.3 Å². The lowest BCUT2D eigenvalue weighted by molar-refractivity contribution is 1.04. The first-order chi connectivity index (χ1) is 5.27. The molecule has 2 nitrogen and oxygen atoms in total. The van der Waals surface area contributed by atoms with E-state index in [-0.39, 0.29) is 5.56 Å². The highest BCUT2D eigenvalue weighted by molar-refractivity contribution is 14.1. The largest absolute Gasteiger partial charge is 0.317 e. The third-order valence-electron chi connectivity index (χ3n) is 1.92. The Bertz CT molecular complexity index is 327. The van der Waals surface area contributed by atoms with Gasteiger partial charge in [-0.05, 0) is 47.4 Å². The number of aromatic amines is 1. The van der Waals surface area contributed by atoms with Gasteiger partial charge in [-0.1, -0.05) is 6.07 Å². The first-order valence-electron chi connectivity index (χ1n) is 3.66. The Kier molecular flexibility index (Phi) is 1.75. The molecule has 1 saturated carbocycles. The van der Waals surface area contributed by atoms with Gasteiger partial charge in [0.25, 0.3) is 5.56 Å². The van der Waals surface area contributed by atoms with E-state index in [4.69, 9.17) is 0 Å². The Morgan fingerprint density at radius 1 is 1.45 bits per heavy atom. The molecule has 0 bridgehead atoms. The van der Waals surface area contributed by atoms with Gasteiger partial charge in [0.15, 0.2) is 0 Å². The maximum absolute atomic E-state index is 11.3. The second-order valence-corrected chi connectivity index (χ2v) is 4.03. The summed E-state index contributed by atoms with van der Waals surface area (Å²) in [6, 6.07) is 3.90. The third-order valence-corrected chi connectivity index (χ3v) is 2.55. The van der Waals surface area contributed by atoms with Gasteiger partial charge in [0.1, 0.15) is 0 Å². The van der Waals surface area contributed by atoms with Crippen molar-refractivity contribution < 1.29 is 0 Å². The molecule has 0 spiro atoms. The van der Waals surface area contributed by atoms with E-state index in [0.717, 1.165) is 9.26 Å². The van der Waals surface area contributed by atoms with E-state index in [0.29, 0.717) is 5.92 Å². The fourth-order valence-corrected chi connectivity index (χ4v) is 1.60. The van der Waals surface area contributed by atoms with E-state index >= 15 is 0 Å². The van der Waals surface area contributed by atoms with Crippen LogP contribution in [0.15, 0.2) is 16.9 Å². The second-order valence-electron chi connectivity index (χ2n) is 2.87. The van der Waals surface area contributed by atoms with Crippen LogP contribution in [0.3, 0.4) is 0 Å². The summed E-state index contributed by atoms with van der Waals surface area (Å²) in [4.78, 5) is 14.1. The van der Waals surface area contributed by atoms with Crippen LogP contribution >= 0.6 is 22.6 Å². The number of rotatable bonds is 1. The highest BCUT2D eigenvalue weighted by Gasteiger charge is 2.25. The van der Waals surface area contributed by atoms with Gasteiger partial charge < -0.3 is 4.98 Å². The fourth-order valence-electron chi connectivity index (χ4n) is 1.18. The van der Waals surface area contributed by atoms with Gasteiger partial charge in [-0.15, -0.1) is 0 Å². The quantitative estimate of drug-likeness (QED) is 0.607. The van der Waals surface area contributed by atoms with Gasteiger partial charge in [0.05, 0.1) is 3.70 Å². The minimum atomic E-state index is 0.0967. The Morgan fingerprint density at radius 2 is 2.18 bits per heavy atom. The maximum atomic E-state index is 11.3. The second kappa shape index (κ2) is 2.62. The standard InChI is InChI=1S/C8H8INO/c9-7-4-3-6(5-1-2-5)8(11)10-7/h3-5H,1-2H2,(H,10,11). The van der Waals surface area contributed by atoms with Crippen LogP contribution in [-0.4, -0.2) is 4.98 Å². The molecular formula is C8H8INO. The zero-order chi connectivity index (χ0) is 7.84. The van der Waals surface area contributed by atoms with E-state index in [1.54, 1.807) is 0 Å². The molecule has 3 heteroatoms. The van der Waals surface area contributed by atoms with Gasteiger partial charge in [-0.25, -0.2) is 0 Å². The molecule has 0 atom stereocenters. The van der Waals surface area contributed by atoms with Crippen LogP contribution in [0.2, 0.25) is 0 Å². The monoisotopic (exact) mass is 261 g/mol. The zero-order valence-electron chi connectivity index (χ0n) is 5.93. The van der Waals surface area contributed by atoms with Crippen molar-refractivity contribution in [3.05, 3.63) is 31.8 Å². The fraction of sp³-hybridized carbons (Fsp3) is 0.375. The molecule has 0 unspecified atom stereocenters. The molecule has 1 aromatic rings. The van der Waals surface area contributed by atoms with Gasteiger partial charge in [0.2, 0.25) is 0 Å². The molecule has 1 aliphatic carbocycles. The van der Waals surface area contributed by atoms with Crippen molar-refractivity contribution in [3.8, 4) is 0 Å². The van der Waals surface area contributed by atoms with Crippen LogP contribution in [-0.2, 0) is 0 Å². The number of nitrogens with one attached hydrogen (secondary N) is 1. The van der Waals surface area contributed by atoms with E-state index in [1.807, 2.05) is 12.1 Å². The Balaban J connectivity index is 2.48. The van der Waals surface area contributed by atoms with Gasteiger partial charge >= 0.3 is 0 Å². The number of halogens is 1. The van der Waals surface area contributed by atoms with E-state index in [1.165, 1.54) is 12.8 Å². The molecule has 0 saturated heterocycles. The third kappa shape index (κ3) is 1.47. The summed E-state index contributed by atoms with van der Waals surface area (Å²) in [5, 5.41) is 0. The number of hydrogen-bond acceptors (Lipinski definition) is 1. The molecule has 1 aromatic heterocycles. The Hall–Kier alpha value is -0.320. The van der Waals surface area contributed by atoms with Crippen LogP contribution < -0.4 is 5.56 Å². The van der Waals surface area contributed by atoms with Crippen LogP contribution in [0, 0.1) is 3.70 Å². The molecule has 0 radical (unpaired) electrons. The van der Waals surface area contributed by atoms with Crippen LogP contribution in [0.4, 0.5) is 0 Å². The summed E-state index contributed by atoms with van der Waals surface area (Å²) in [5.41, 5.74) is 1.06. The summed E-state index contributed by atoms with van der Waals surface area (Å²) >= 11 is 2.11. The predicted molar refractivity (Wildman–Crippen MR) is 51.8 cm³/mol. The molecular weight excluding hydrogens is 253 g/mol. The number of H-pyrrole nitrogens is 1. The smallest absolute Gasteiger partial charge is 0.252 e. The summed E-state index contributed by atoms with van der Waals surface area (Å²) in [6.45, 7) is 0. The summed E-state index contributed by atoms with van der Waals surface area (Å²) in [5.74, 6) is 0.552. The van der Waals surface area contributed by atoms with E-state index in [2.05, 4.69) is 27.6 Å². The SMILES string of the molecule is O=c1[nH]c(I)ccc1C1CC1. The Morgan fingerprint density at radius 3 is 2.73 bits per heavy atom. The Labute approximate surface area is 78.2 Å². The number of hydrogen-bond donors (Lipinski definition) is 1. The summed E-state index contributed by atoms with van der Waals surface area (Å²) in [6.07, 6.45) is 2.37. The lowest BCUT2D eigenvalue weighted by Gasteiger charge is -1.95. The normalized spacial score (nSPS) is 16.8. The lowest BCUT2D eigenvalue weighted by Crippen LogP contribution is -2.11. The summed E-state index contributed by atoms with van der Waals surface area (Å²) in [7, 11) is 0. The summed E-state index contributed by atoms with van der Waals surface area (Å²) < 4.78 is 0.914. The van der Waals surface area contributed by atoms with Crippen molar-refractivity contribution in [1.82, 2.24) is 4.98 Å². The van der Waals surface area contributed by atoms with E-state index in [9.17, 15) is 4.79 Å². The molecule has 1 N–H and O–H groups in total. The van der Waals surface area contributed by atoms with Crippen LogP contribution in [0.5, 0.6) is 0 Å². The van der Waals surface area contributed by atoms with Crippen molar-refractivity contribution >= 4 is 22.6 Å². The van der Waals surface area contributed by atoms with Crippen molar-refractivity contribution in [2.45, 2.75) is 18.8 Å². The molecule has 0 aromatic carbocycles. The molecule has 0 amide bonds. The minimum absolute atomic E-state index is 0.0967. The molecule has 11 heavy (non-hydrogen) atoms. The zero-order valence-corrected chi connectivity index (χ0v) is 8.09. The highest BCUT2D eigenvalue weighted by Crippen LogP contribution is 2.37. The van der Waals surface area contributed by atoms with E-state index < -0.39 is 0 Å². The highest BCUT2D eigenvalue weighted by atomic mass is 127. The van der Waals surface area contributed by atoms with Crippen molar-refractivity contribution in [3.63, 3.8) is 0 Å². The topological polar surface area (TPSA) is 32.9 Å². The molecule has 0 aliphatic heterocycles. The lowest BCUT2D eigenvalue weighted by atomic mass is 10.2. The minimum Gasteiger partial charge on any atom is -0.317 e. The van der Waals surface area contributed by atoms with Crippen molar-refractivity contribution in [1.29, 1.82) is 0 Å². The first-order valence-corrected chi connectivity index (χ1v) is 4.74. The van der Waals surface area contributed by atoms with Crippen molar-refractivity contribution in [2.24, 2.45) is 0 Å². The first kappa shape index (κ1) is 7.34. The number of pyridine rings is 1. The molecule has 1 fully saturated rings. The molecule has 1 heterocycles. The average Bonchev–Trinajstić information content (AvgIpc) is 2.70. The van der Waals surface area contributed by atoms with Gasteiger partial charge in [-0.2, -0.15) is 0 Å². The van der Waals surface area contributed by atoms with Crippen molar-refractivity contribution in [2.75, 3.05) is 0 Å². The number of aromatic nitrogens is 1. The average molecular weight is 261 g/mol. The van der Waals surface area contributed by atoms with Gasteiger partial charge in [0, 0.05) is 5.56 Å². The van der Waals surface area contributed by atoms with Crippen LogP contribution in [0.25, 0.3) is 0 Å². The molecule has 1 aliphatic rings. The molecule has 2 rings (SSSR count).